The van der Waals surface area contributed by atoms with Gasteiger partial charge < -0.3 is 10.1 Å². The first-order valence-corrected chi connectivity index (χ1v) is 6.25. The molecule has 2 nitrogen and oxygen atoms in total. The second-order valence-corrected chi connectivity index (χ2v) is 4.57. The van der Waals surface area contributed by atoms with Crippen molar-refractivity contribution in [3.05, 3.63) is 58.9 Å². The zero-order valence-electron chi connectivity index (χ0n) is 10.5. The smallest absolute Gasteiger partial charge is 0.406 e. The minimum Gasteiger partial charge on any atom is -0.406 e. The van der Waals surface area contributed by atoms with Crippen molar-refractivity contribution < 1.29 is 22.3 Å². The van der Waals surface area contributed by atoms with Crippen molar-refractivity contribution in [3.8, 4) is 5.75 Å². The van der Waals surface area contributed by atoms with Crippen molar-refractivity contribution in [1.29, 1.82) is 0 Å². The maximum Gasteiger partial charge on any atom is 0.573 e. The normalized spacial score (nSPS) is 11.3. The van der Waals surface area contributed by atoms with Gasteiger partial charge in [0.2, 0.25) is 0 Å². The van der Waals surface area contributed by atoms with Crippen molar-refractivity contribution in [2.24, 2.45) is 0 Å². The summed E-state index contributed by atoms with van der Waals surface area (Å²) in [5.41, 5.74) is 0.899. The monoisotopic (exact) mass is 319 g/mol. The predicted octanol–water partition coefficient (Wildman–Crippen LogP) is 4.99. The zero-order chi connectivity index (χ0) is 15.5. The molecule has 2 rings (SSSR count). The number of alkyl halides is 3. The summed E-state index contributed by atoms with van der Waals surface area (Å²) in [6.07, 6.45) is -4.75. The summed E-state index contributed by atoms with van der Waals surface area (Å²) >= 11 is 5.90. The Morgan fingerprint density at radius 3 is 2.57 bits per heavy atom. The Labute approximate surface area is 123 Å². The van der Waals surface area contributed by atoms with Gasteiger partial charge in [0.1, 0.15) is 11.6 Å². The fraction of sp³-hybridized carbons (Fsp3) is 0.143. The van der Waals surface area contributed by atoms with Crippen molar-refractivity contribution >= 4 is 17.3 Å². The summed E-state index contributed by atoms with van der Waals surface area (Å²) in [6.45, 7) is 0.173. The van der Waals surface area contributed by atoms with Crippen LogP contribution in [0.3, 0.4) is 0 Å². The zero-order valence-corrected chi connectivity index (χ0v) is 11.3. The summed E-state index contributed by atoms with van der Waals surface area (Å²) in [4.78, 5) is 0. The van der Waals surface area contributed by atoms with Crippen molar-refractivity contribution in [2.45, 2.75) is 12.9 Å². The van der Waals surface area contributed by atoms with Gasteiger partial charge in [-0.05, 0) is 35.9 Å². The second-order valence-electron chi connectivity index (χ2n) is 4.16. The largest absolute Gasteiger partial charge is 0.573 e. The first kappa shape index (κ1) is 15.4. The lowest BCUT2D eigenvalue weighted by Gasteiger charge is -2.12. The molecule has 21 heavy (non-hydrogen) atoms. The number of ether oxygens (including phenoxy) is 1. The molecule has 0 amide bonds. The summed E-state index contributed by atoms with van der Waals surface area (Å²) < 4.78 is 53.3. The highest BCUT2D eigenvalue weighted by molar-refractivity contribution is 6.31. The molecule has 2 aromatic rings. The Hall–Kier alpha value is -1.95. The van der Waals surface area contributed by atoms with E-state index >= 15 is 0 Å². The standard InChI is InChI=1S/C14H10ClF4NO/c15-13-5-4-10(16)6-9(13)8-20-11-2-1-3-12(7-11)21-14(17,18)19/h1-7,20H,8H2. The number of halogens is 5. The van der Waals surface area contributed by atoms with Gasteiger partial charge in [-0.2, -0.15) is 0 Å². The lowest BCUT2D eigenvalue weighted by atomic mass is 10.2. The van der Waals surface area contributed by atoms with E-state index in [-0.39, 0.29) is 12.3 Å². The van der Waals surface area contributed by atoms with Gasteiger partial charge in [-0.3, -0.25) is 0 Å². The van der Waals surface area contributed by atoms with Crippen LogP contribution >= 0.6 is 11.6 Å². The van der Waals surface area contributed by atoms with Crippen LogP contribution in [0.2, 0.25) is 5.02 Å². The van der Waals surface area contributed by atoms with Crippen LogP contribution in [0.15, 0.2) is 42.5 Å². The third-order valence-electron chi connectivity index (χ3n) is 2.56. The highest BCUT2D eigenvalue weighted by Gasteiger charge is 2.31. The fourth-order valence-corrected chi connectivity index (χ4v) is 1.86. The highest BCUT2D eigenvalue weighted by atomic mass is 35.5. The molecule has 7 heteroatoms. The molecule has 0 fully saturated rings. The van der Waals surface area contributed by atoms with Gasteiger partial charge >= 0.3 is 6.36 Å². The van der Waals surface area contributed by atoms with E-state index in [1.807, 2.05) is 0 Å². The minimum absolute atomic E-state index is 0.173. The lowest BCUT2D eigenvalue weighted by Crippen LogP contribution is -2.17. The third kappa shape index (κ3) is 4.82. The lowest BCUT2D eigenvalue weighted by molar-refractivity contribution is -0.274. The van der Waals surface area contributed by atoms with Crippen LogP contribution in [0.25, 0.3) is 0 Å². The molecular formula is C14H10ClF4NO. The van der Waals surface area contributed by atoms with E-state index in [9.17, 15) is 17.6 Å². The van der Waals surface area contributed by atoms with Gasteiger partial charge in [-0.15, -0.1) is 13.2 Å². The molecule has 0 aliphatic carbocycles. The van der Waals surface area contributed by atoms with E-state index in [2.05, 4.69) is 10.1 Å². The highest BCUT2D eigenvalue weighted by Crippen LogP contribution is 2.26. The van der Waals surface area contributed by atoms with Crippen LogP contribution in [0.1, 0.15) is 5.56 Å². The molecule has 0 radical (unpaired) electrons. The van der Waals surface area contributed by atoms with E-state index < -0.39 is 12.2 Å². The number of hydrogen-bond acceptors (Lipinski definition) is 2. The number of rotatable bonds is 4. The Morgan fingerprint density at radius 1 is 1.10 bits per heavy atom. The molecule has 0 saturated carbocycles. The number of benzene rings is 2. The third-order valence-corrected chi connectivity index (χ3v) is 2.93. The van der Waals surface area contributed by atoms with Gasteiger partial charge in [-0.1, -0.05) is 17.7 Å². The SMILES string of the molecule is Fc1ccc(Cl)c(CNc2cccc(OC(F)(F)F)c2)c1. The maximum atomic E-state index is 13.1. The van der Waals surface area contributed by atoms with Gasteiger partial charge in [0.15, 0.2) is 0 Å². The van der Waals surface area contributed by atoms with Crippen LogP contribution in [0.4, 0.5) is 23.2 Å². The summed E-state index contributed by atoms with van der Waals surface area (Å²) in [5.74, 6) is -0.775. The molecule has 0 heterocycles. The molecule has 0 aliphatic heterocycles. The molecule has 0 aromatic heterocycles. The van der Waals surface area contributed by atoms with Crippen LogP contribution in [-0.4, -0.2) is 6.36 Å². The van der Waals surface area contributed by atoms with Gasteiger partial charge in [-0.25, -0.2) is 4.39 Å². The molecular weight excluding hydrogens is 310 g/mol. The average Bonchev–Trinajstić information content (AvgIpc) is 2.38. The number of anilines is 1. The van der Waals surface area contributed by atoms with Gasteiger partial charge in [0.05, 0.1) is 0 Å². The van der Waals surface area contributed by atoms with Crippen LogP contribution < -0.4 is 10.1 Å². The average molecular weight is 320 g/mol. The Kier molecular flexibility index (Phi) is 4.57. The second kappa shape index (κ2) is 6.22. The quantitative estimate of drug-likeness (QED) is 0.802. The Bertz CT molecular complexity index is 631. The summed E-state index contributed by atoms with van der Waals surface area (Å²) in [5, 5.41) is 3.22. The maximum absolute atomic E-state index is 13.1. The van der Waals surface area contributed by atoms with E-state index in [0.29, 0.717) is 16.3 Å². The molecule has 0 saturated heterocycles. The van der Waals surface area contributed by atoms with Crippen LogP contribution in [0.5, 0.6) is 5.75 Å². The molecule has 112 valence electrons. The van der Waals surface area contributed by atoms with Gasteiger partial charge in [0, 0.05) is 23.3 Å². The summed E-state index contributed by atoms with van der Waals surface area (Å²) in [6, 6.07) is 9.26. The summed E-state index contributed by atoms with van der Waals surface area (Å²) in [7, 11) is 0. The van der Waals surface area contributed by atoms with Crippen molar-refractivity contribution in [1.82, 2.24) is 0 Å². The topological polar surface area (TPSA) is 21.3 Å². The molecule has 0 bridgehead atoms. The molecule has 0 unspecified atom stereocenters. The molecule has 0 aliphatic rings. The van der Waals surface area contributed by atoms with E-state index in [4.69, 9.17) is 11.6 Å². The first-order chi connectivity index (χ1) is 9.83. The van der Waals surface area contributed by atoms with Crippen LogP contribution in [-0.2, 0) is 6.54 Å². The molecule has 0 atom stereocenters. The van der Waals surface area contributed by atoms with E-state index in [0.717, 1.165) is 0 Å². The van der Waals surface area contributed by atoms with Crippen molar-refractivity contribution in [2.75, 3.05) is 5.32 Å². The predicted molar refractivity (Wildman–Crippen MR) is 71.9 cm³/mol. The Balaban J connectivity index is 2.06. The fourth-order valence-electron chi connectivity index (χ4n) is 1.68. The van der Waals surface area contributed by atoms with E-state index in [1.165, 1.54) is 36.4 Å². The van der Waals surface area contributed by atoms with E-state index in [1.54, 1.807) is 6.07 Å². The number of nitrogens with one attached hydrogen (secondary N) is 1. The van der Waals surface area contributed by atoms with Gasteiger partial charge in [0.25, 0.3) is 0 Å². The first-order valence-electron chi connectivity index (χ1n) is 5.87. The molecule has 2 aromatic carbocycles. The van der Waals surface area contributed by atoms with Crippen LogP contribution in [0, 0.1) is 5.82 Å². The molecule has 0 spiro atoms. The van der Waals surface area contributed by atoms with Crippen molar-refractivity contribution in [3.63, 3.8) is 0 Å². The molecule has 1 N–H and O–H groups in total. The number of hydrogen-bond donors (Lipinski definition) is 1. The minimum atomic E-state index is -4.75. The Morgan fingerprint density at radius 2 is 1.86 bits per heavy atom.